The van der Waals surface area contributed by atoms with E-state index >= 15 is 0 Å². The van der Waals surface area contributed by atoms with E-state index in [4.69, 9.17) is 5.11 Å². The van der Waals surface area contributed by atoms with Gasteiger partial charge < -0.3 is 5.11 Å². The van der Waals surface area contributed by atoms with Crippen LogP contribution in [0.2, 0.25) is 0 Å². The molecule has 0 saturated carbocycles. The van der Waals surface area contributed by atoms with Gasteiger partial charge in [0.25, 0.3) is 0 Å². The van der Waals surface area contributed by atoms with Crippen molar-refractivity contribution in [2.75, 3.05) is 0 Å². The smallest absolute Gasteiger partial charge is 0.304 e. The van der Waals surface area contributed by atoms with E-state index in [1.807, 2.05) is 0 Å². The van der Waals surface area contributed by atoms with Gasteiger partial charge in [-0.25, -0.2) is 0 Å². The van der Waals surface area contributed by atoms with Crippen LogP contribution in [0.4, 0.5) is 0 Å². The minimum absolute atomic E-state index is 0.0823. The van der Waals surface area contributed by atoms with Crippen molar-refractivity contribution in [3.05, 3.63) is 0 Å². The van der Waals surface area contributed by atoms with Gasteiger partial charge in [-0.3, -0.25) is 9.59 Å². The lowest BCUT2D eigenvalue weighted by Crippen LogP contribution is -2.14. The zero-order valence-corrected chi connectivity index (χ0v) is 17.9. The number of carbonyl (C=O) groups excluding carboxylic acids is 1. The normalized spacial score (nSPS) is 12.2. The van der Waals surface area contributed by atoms with Crippen LogP contribution in [0.25, 0.3) is 0 Å². The number of hydrogen-bond donors (Lipinski definition) is 2. The van der Waals surface area contributed by atoms with Gasteiger partial charge in [-0.15, -0.1) is 12.6 Å². The maximum absolute atomic E-state index is 11.3. The highest BCUT2D eigenvalue weighted by Gasteiger charge is 2.18. The molecule has 0 bridgehead atoms. The second kappa shape index (κ2) is 19.3. The third-order valence-electron chi connectivity index (χ3n) is 5.18. The Bertz CT molecular complexity index is 344. The van der Waals surface area contributed by atoms with E-state index in [0.717, 1.165) is 12.8 Å². The van der Waals surface area contributed by atoms with Crippen molar-refractivity contribution in [1.82, 2.24) is 0 Å². The van der Waals surface area contributed by atoms with Crippen LogP contribution in [0.3, 0.4) is 0 Å². The summed E-state index contributed by atoms with van der Waals surface area (Å²) < 4.78 is 0. The van der Waals surface area contributed by atoms with Crippen LogP contribution in [0, 0.1) is 5.92 Å². The first kappa shape index (κ1) is 25.5. The molecule has 0 spiro atoms. The monoisotopic (exact) mass is 386 g/mol. The molecule has 26 heavy (non-hydrogen) atoms. The van der Waals surface area contributed by atoms with Crippen LogP contribution >= 0.6 is 12.6 Å². The van der Waals surface area contributed by atoms with Crippen LogP contribution in [-0.4, -0.2) is 16.2 Å². The predicted octanol–water partition coefficient (Wildman–Crippen LogP) is 7.19. The van der Waals surface area contributed by atoms with E-state index in [2.05, 4.69) is 19.6 Å². The number of aliphatic carboxylic acids is 1. The zero-order chi connectivity index (χ0) is 19.5. The summed E-state index contributed by atoms with van der Waals surface area (Å²) in [5.74, 6) is -1.32. The number of carboxylic acid groups (broad SMARTS) is 1. The first-order valence-corrected chi connectivity index (χ1v) is 11.5. The molecule has 0 amide bonds. The highest BCUT2D eigenvalue weighted by atomic mass is 32.1. The Morgan fingerprint density at radius 2 is 1.04 bits per heavy atom. The summed E-state index contributed by atoms with van der Waals surface area (Å²) in [6.45, 7) is 2.27. The number of carboxylic acids is 1. The SMILES string of the molecule is CCCCCCCCCCCCCCCCCCC(CC(=O)O)C(=O)S. The molecule has 3 nitrogen and oxygen atoms in total. The number of thiol groups is 1. The number of carbonyl (C=O) groups is 2. The predicted molar refractivity (Wildman–Crippen MR) is 114 cm³/mol. The van der Waals surface area contributed by atoms with Crippen molar-refractivity contribution in [2.45, 2.75) is 122 Å². The molecule has 0 saturated heterocycles. The standard InChI is InChI=1S/C22H42O3S/c1-2-3-4-5-6-7-8-9-10-11-12-13-14-15-16-17-18-20(22(25)26)19-21(23)24/h20H,2-19H2,1H3,(H,23,24)(H,25,26). The van der Waals surface area contributed by atoms with E-state index in [1.165, 1.54) is 89.9 Å². The van der Waals surface area contributed by atoms with Crippen molar-refractivity contribution in [3.63, 3.8) is 0 Å². The van der Waals surface area contributed by atoms with E-state index in [0.29, 0.717) is 6.42 Å². The summed E-state index contributed by atoms with van der Waals surface area (Å²) in [7, 11) is 0. The lowest BCUT2D eigenvalue weighted by atomic mass is 9.98. The van der Waals surface area contributed by atoms with Gasteiger partial charge >= 0.3 is 5.97 Å². The lowest BCUT2D eigenvalue weighted by molar-refractivity contribution is -0.139. The molecule has 0 radical (unpaired) electrons. The molecule has 1 N–H and O–H groups in total. The molecule has 0 aliphatic carbocycles. The van der Waals surface area contributed by atoms with Crippen molar-refractivity contribution in [2.24, 2.45) is 5.92 Å². The molecular weight excluding hydrogens is 344 g/mol. The van der Waals surface area contributed by atoms with Gasteiger partial charge in [0.1, 0.15) is 0 Å². The molecule has 0 aliphatic rings. The van der Waals surface area contributed by atoms with Crippen LogP contribution in [0.5, 0.6) is 0 Å². The molecule has 0 aromatic heterocycles. The Kier molecular flexibility index (Phi) is 18.9. The molecular formula is C22H42O3S. The van der Waals surface area contributed by atoms with Crippen LogP contribution in [-0.2, 0) is 9.59 Å². The average Bonchev–Trinajstić information content (AvgIpc) is 2.59. The highest BCUT2D eigenvalue weighted by molar-refractivity contribution is 7.96. The number of unbranched alkanes of at least 4 members (excludes halogenated alkanes) is 15. The van der Waals surface area contributed by atoms with Crippen LogP contribution in [0.1, 0.15) is 122 Å². The Hall–Kier alpha value is -0.510. The lowest BCUT2D eigenvalue weighted by Gasteiger charge is -2.10. The van der Waals surface area contributed by atoms with Crippen LogP contribution in [0.15, 0.2) is 0 Å². The quantitative estimate of drug-likeness (QED) is 0.172. The Morgan fingerprint density at radius 3 is 1.35 bits per heavy atom. The number of hydrogen-bond acceptors (Lipinski definition) is 2. The van der Waals surface area contributed by atoms with Gasteiger partial charge in [0.2, 0.25) is 0 Å². The molecule has 0 aromatic carbocycles. The van der Waals surface area contributed by atoms with Gasteiger partial charge in [0.05, 0.1) is 6.42 Å². The van der Waals surface area contributed by atoms with Gasteiger partial charge in [0, 0.05) is 5.92 Å². The molecule has 154 valence electrons. The minimum Gasteiger partial charge on any atom is -0.481 e. The molecule has 0 aromatic rings. The second-order valence-corrected chi connectivity index (χ2v) is 8.17. The maximum atomic E-state index is 11.3. The Morgan fingerprint density at radius 1 is 0.692 bits per heavy atom. The van der Waals surface area contributed by atoms with Crippen molar-refractivity contribution in [3.8, 4) is 0 Å². The first-order valence-electron chi connectivity index (χ1n) is 11.0. The van der Waals surface area contributed by atoms with Gasteiger partial charge in [-0.2, -0.15) is 0 Å². The maximum Gasteiger partial charge on any atom is 0.304 e. The molecule has 0 rings (SSSR count). The summed E-state index contributed by atoms with van der Waals surface area (Å²) in [6.07, 6.45) is 21.7. The minimum atomic E-state index is -0.908. The van der Waals surface area contributed by atoms with Gasteiger partial charge in [-0.05, 0) is 6.42 Å². The fourth-order valence-electron chi connectivity index (χ4n) is 3.46. The topological polar surface area (TPSA) is 54.4 Å². The fraction of sp³-hybridized carbons (Fsp3) is 0.909. The Labute approximate surface area is 167 Å². The fourth-order valence-corrected chi connectivity index (χ4v) is 3.68. The third kappa shape index (κ3) is 18.3. The van der Waals surface area contributed by atoms with Crippen molar-refractivity contribution >= 4 is 23.7 Å². The molecule has 1 unspecified atom stereocenters. The van der Waals surface area contributed by atoms with Crippen molar-refractivity contribution in [1.29, 1.82) is 0 Å². The van der Waals surface area contributed by atoms with E-state index in [9.17, 15) is 9.59 Å². The van der Waals surface area contributed by atoms with Crippen LogP contribution < -0.4 is 0 Å². The number of rotatable bonds is 20. The molecule has 4 heteroatoms. The second-order valence-electron chi connectivity index (χ2n) is 7.72. The van der Waals surface area contributed by atoms with Gasteiger partial charge in [0.15, 0.2) is 5.12 Å². The van der Waals surface area contributed by atoms with E-state index in [1.54, 1.807) is 0 Å². The van der Waals surface area contributed by atoms with Gasteiger partial charge in [-0.1, -0.05) is 110 Å². The molecule has 0 heterocycles. The summed E-state index contributed by atoms with van der Waals surface area (Å²) >= 11 is 3.80. The summed E-state index contributed by atoms with van der Waals surface area (Å²) in [5, 5.41) is 8.50. The molecule has 1 atom stereocenters. The molecule has 0 aliphatic heterocycles. The van der Waals surface area contributed by atoms with E-state index < -0.39 is 11.9 Å². The summed E-state index contributed by atoms with van der Waals surface area (Å²) in [5.41, 5.74) is 0. The van der Waals surface area contributed by atoms with Crippen molar-refractivity contribution < 1.29 is 14.7 Å². The molecule has 0 fully saturated rings. The average molecular weight is 387 g/mol. The third-order valence-corrected chi connectivity index (χ3v) is 5.54. The summed E-state index contributed by atoms with van der Waals surface area (Å²) in [6, 6.07) is 0. The Balaban J connectivity index is 3.26. The van der Waals surface area contributed by atoms with E-state index in [-0.39, 0.29) is 11.5 Å². The largest absolute Gasteiger partial charge is 0.481 e. The summed E-state index contributed by atoms with van der Waals surface area (Å²) in [4.78, 5) is 22.0. The zero-order valence-electron chi connectivity index (χ0n) is 17.0. The highest BCUT2D eigenvalue weighted by Crippen LogP contribution is 2.18. The first-order chi connectivity index (χ1) is 12.6.